The number of carbonyl (C=O) groups is 2. The summed E-state index contributed by atoms with van der Waals surface area (Å²) in [6.45, 7) is 6.24. The van der Waals surface area contributed by atoms with Crippen molar-refractivity contribution in [2.24, 2.45) is 11.7 Å². The highest BCUT2D eigenvalue weighted by Gasteiger charge is 2.26. The standard InChI is InChI=1S/C14H24N4O2S/c1-6-8(7(2)3)17-13-9(12(16)19)10(15)11(21-13)14(20)18(4)5/h7-8,17H,6,15H2,1-5H3,(H2,16,19). The van der Waals surface area contributed by atoms with Crippen molar-refractivity contribution < 1.29 is 9.59 Å². The van der Waals surface area contributed by atoms with Gasteiger partial charge >= 0.3 is 0 Å². The molecule has 118 valence electrons. The number of nitrogens with two attached hydrogens (primary N) is 2. The van der Waals surface area contributed by atoms with Crippen molar-refractivity contribution in [3.8, 4) is 0 Å². The zero-order chi connectivity index (χ0) is 16.3. The van der Waals surface area contributed by atoms with E-state index in [4.69, 9.17) is 11.5 Å². The average molecular weight is 312 g/mol. The normalized spacial score (nSPS) is 12.3. The number of carbonyl (C=O) groups excluding carboxylic acids is 2. The van der Waals surface area contributed by atoms with Gasteiger partial charge in [0.1, 0.15) is 9.88 Å². The van der Waals surface area contributed by atoms with Crippen LogP contribution in [0.2, 0.25) is 0 Å². The molecule has 0 aliphatic rings. The summed E-state index contributed by atoms with van der Waals surface area (Å²) in [4.78, 5) is 25.6. The van der Waals surface area contributed by atoms with E-state index in [1.54, 1.807) is 14.1 Å². The van der Waals surface area contributed by atoms with Crippen molar-refractivity contribution in [1.29, 1.82) is 0 Å². The van der Waals surface area contributed by atoms with Crippen molar-refractivity contribution in [2.75, 3.05) is 25.1 Å². The topological polar surface area (TPSA) is 101 Å². The fraction of sp³-hybridized carbons (Fsp3) is 0.571. The van der Waals surface area contributed by atoms with Gasteiger partial charge in [-0.15, -0.1) is 11.3 Å². The first-order valence-electron chi connectivity index (χ1n) is 6.90. The highest BCUT2D eigenvalue weighted by molar-refractivity contribution is 7.19. The second kappa shape index (κ2) is 6.80. The smallest absolute Gasteiger partial charge is 0.265 e. The molecule has 0 aromatic carbocycles. The summed E-state index contributed by atoms with van der Waals surface area (Å²) in [5, 5.41) is 3.87. The molecule has 1 heterocycles. The number of hydrogen-bond donors (Lipinski definition) is 3. The molecule has 6 nitrogen and oxygen atoms in total. The zero-order valence-electron chi connectivity index (χ0n) is 13.2. The van der Waals surface area contributed by atoms with Gasteiger partial charge in [-0.25, -0.2) is 0 Å². The minimum absolute atomic E-state index is 0.160. The fourth-order valence-corrected chi connectivity index (χ4v) is 3.27. The summed E-state index contributed by atoms with van der Waals surface area (Å²) in [5.41, 5.74) is 11.8. The van der Waals surface area contributed by atoms with Gasteiger partial charge in [0.15, 0.2) is 0 Å². The van der Waals surface area contributed by atoms with Crippen LogP contribution in [-0.4, -0.2) is 36.9 Å². The van der Waals surface area contributed by atoms with Crippen molar-refractivity contribution in [3.63, 3.8) is 0 Å². The summed E-state index contributed by atoms with van der Waals surface area (Å²) < 4.78 is 0. The van der Waals surface area contributed by atoms with Crippen LogP contribution in [0.1, 0.15) is 47.2 Å². The van der Waals surface area contributed by atoms with Crippen LogP contribution in [0.25, 0.3) is 0 Å². The van der Waals surface area contributed by atoms with E-state index in [-0.39, 0.29) is 23.2 Å². The van der Waals surface area contributed by atoms with Crippen LogP contribution < -0.4 is 16.8 Å². The predicted octanol–water partition coefficient (Wildman–Crippen LogP) is 1.98. The Kier molecular flexibility index (Phi) is 5.60. The van der Waals surface area contributed by atoms with Gasteiger partial charge in [0.2, 0.25) is 0 Å². The summed E-state index contributed by atoms with van der Waals surface area (Å²) in [7, 11) is 3.28. The summed E-state index contributed by atoms with van der Waals surface area (Å²) >= 11 is 1.18. The molecule has 7 heteroatoms. The largest absolute Gasteiger partial charge is 0.397 e. The Morgan fingerprint density at radius 2 is 1.90 bits per heavy atom. The number of rotatable bonds is 6. The molecule has 0 radical (unpaired) electrons. The quantitative estimate of drug-likeness (QED) is 0.747. The Hall–Kier alpha value is -1.76. The van der Waals surface area contributed by atoms with Crippen LogP contribution in [0.4, 0.5) is 10.7 Å². The van der Waals surface area contributed by atoms with Gasteiger partial charge in [0.05, 0.1) is 11.3 Å². The van der Waals surface area contributed by atoms with E-state index in [2.05, 4.69) is 26.1 Å². The van der Waals surface area contributed by atoms with Gasteiger partial charge in [-0.05, 0) is 12.3 Å². The molecule has 1 atom stereocenters. The third kappa shape index (κ3) is 3.66. The van der Waals surface area contributed by atoms with Crippen LogP contribution in [0.3, 0.4) is 0 Å². The van der Waals surface area contributed by atoms with Crippen LogP contribution in [0.5, 0.6) is 0 Å². The van der Waals surface area contributed by atoms with E-state index < -0.39 is 5.91 Å². The maximum absolute atomic E-state index is 12.1. The van der Waals surface area contributed by atoms with E-state index >= 15 is 0 Å². The van der Waals surface area contributed by atoms with Crippen LogP contribution in [0.15, 0.2) is 0 Å². The Bertz CT molecular complexity index is 537. The van der Waals surface area contributed by atoms with Crippen molar-refractivity contribution in [2.45, 2.75) is 33.2 Å². The molecule has 2 amide bonds. The Morgan fingerprint density at radius 1 is 1.33 bits per heavy atom. The number of hydrogen-bond acceptors (Lipinski definition) is 5. The van der Waals surface area contributed by atoms with E-state index in [0.717, 1.165) is 6.42 Å². The molecule has 1 aromatic heterocycles. The van der Waals surface area contributed by atoms with Crippen molar-refractivity contribution in [3.05, 3.63) is 10.4 Å². The van der Waals surface area contributed by atoms with Crippen LogP contribution >= 0.6 is 11.3 Å². The number of amides is 2. The van der Waals surface area contributed by atoms with Gasteiger partial charge in [0.25, 0.3) is 11.8 Å². The first-order chi connectivity index (χ1) is 9.70. The fourth-order valence-electron chi connectivity index (χ4n) is 2.06. The van der Waals surface area contributed by atoms with E-state index in [9.17, 15) is 9.59 Å². The molecule has 0 aliphatic heterocycles. The predicted molar refractivity (Wildman–Crippen MR) is 87.8 cm³/mol. The Morgan fingerprint density at radius 3 is 2.29 bits per heavy atom. The number of nitrogen functional groups attached to an aromatic ring is 1. The minimum atomic E-state index is -0.623. The van der Waals surface area contributed by atoms with Crippen molar-refractivity contribution >= 4 is 33.8 Å². The third-order valence-electron chi connectivity index (χ3n) is 3.35. The van der Waals surface area contributed by atoms with Crippen molar-refractivity contribution in [1.82, 2.24) is 4.90 Å². The van der Waals surface area contributed by atoms with Gasteiger partial charge < -0.3 is 21.7 Å². The van der Waals surface area contributed by atoms with Gasteiger partial charge in [0, 0.05) is 20.1 Å². The lowest BCUT2D eigenvalue weighted by atomic mass is 10.0. The summed E-state index contributed by atoms with van der Waals surface area (Å²) in [6.07, 6.45) is 0.893. The molecule has 21 heavy (non-hydrogen) atoms. The number of primary amides is 1. The Balaban J connectivity index is 3.28. The Labute approximate surface area is 129 Å². The second-order valence-corrected chi connectivity index (χ2v) is 6.54. The molecule has 1 rings (SSSR count). The van der Waals surface area contributed by atoms with Gasteiger partial charge in [-0.3, -0.25) is 9.59 Å². The molecule has 0 aliphatic carbocycles. The molecule has 0 spiro atoms. The minimum Gasteiger partial charge on any atom is -0.397 e. The third-order valence-corrected chi connectivity index (χ3v) is 4.48. The molecular weight excluding hydrogens is 288 g/mol. The molecule has 0 fully saturated rings. The summed E-state index contributed by atoms with van der Waals surface area (Å²) in [6, 6.07) is 0.184. The maximum atomic E-state index is 12.1. The number of nitrogens with zero attached hydrogens (tertiary/aromatic N) is 1. The number of nitrogens with one attached hydrogen (secondary N) is 1. The van der Waals surface area contributed by atoms with E-state index in [1.807, 2.05) is 0 Å². The molecule has 5 N–H and O–H groups in total. The molecule has 0 saturated carbocycles. The first-order valence-corrected chi connectivity index (χ1v) is 7.72. The lowest BCUT2D eigenvalue weighted by Crippen LogP contribution is -2.25. The highest BCUT2D eigenvalue weighted by Crippen LogP contribution is 2.37. The number of anilines is 2. The summed E-state index contributed by atoms with van der Waals surface area (Å²) in [5.74, 6) is -0.472. The molecule has 1 aromatic rings. The van der Waals surface area contributed by atoms with E-state index in [1.165, 1.54) is 16.2 Å². The lowest BCUT2D eigenvalue weighted by molar-refractivity contribution is 0.0833. The van der Waals surface area contributed by atoms with Gasteiger partial charge in [-0.2, -0.15) is 0 Å². The zero-order valence-corrected chi connectivity index (χ0v) is 14.0. The van der Waals surface area contributed by atoms with Crippen LogP contribution in [0, 0.1) is 5.92 Å². The molecule has 1 unspecified atom stereocenters. The molecule has 0 bridgehead atoms. The van der Waals surface area contributed by atoms with Crippen LogP contribution in [-0.2, 0) is 0 Å². The first kappa shape index (κ1) is 17.3. The number of thiophene rings is 1. The average Bonchev–Trinajstić information content (AvgIpc) is 2.71. The lowest BCUT2D eigenvalue weighted by Gasteiger charge is -2.21. The van der Waals surface area contributed by atoms with Gasteiger partial charge in [-0.1, -0.05) is 20.8 Å². The van der Waals surface area contributed by atoms with E-state index in [0.29, 0.717) is 15.8 Å². The second-order valence-electron chi connectivity index (χ2n) is 5.52. The molecular formula is C14H24N4O2S. The SMILES string of the molecule is CCC(Nc1sc(C(=O)N(C)C)c(N)c1C(N)=O)C(C)C. The highest BCUT2D eigenvalue weighted by atomic mass is 32.1. The monoisotopic (exact) mass is 312 g/mol. The molecule has 0 saturated heterocycles. The maximum Gasteiger partial charge on any atom is 0.265 e.